The predicted octanol–water partition coefficient (Wildman–Crippen LogP) is 2.18. The van der Waals surface area contributed by atoms with Crippen LogP contribution in [0.4, 0.5) is 11.7 Å². The number of rotatable bonds is 6. The van der Waals surface area contributed by atoms with Crippen LogP contribution < -0.4 is 5.32 Å². The van der Waals surface area contributed by atoms with E-state index in [1.54, 1.807) is 13.2 Å². The number of nitro groups is 1. The van der Waals surface area contributed by atoms with Crippen molar-refractivity contribution in [1.29, 1.82) is 0 Å². The van der Waals surface area contributed by atoms with E-state index in [4.69, 9.17) is 9.15 Å². The van der Waals surface area contributed by atoms with Crippen molar-refractivity contribution in [3.63, 3.8) is 0 Å². The molecular weight excluding hydrogens is 238 g/mol. The number of oxazole rings is 1. The summed E-state index contributed by atoms with van der Waals surface area (Å²) in [6.45, 7) is 1.32. The van der Waals surface area contributed by atoms with E-state index in [0.717, 1.165) is 6.42 Å². The van der Waals surface area contributed by atoms with Gasteiger partial charge in [-0.25, -0.2) is 0 Å². The van der Waals surface area contributed by atoms with E-state index in [2.05, 4.69) is 10.3 Å². The zero-order valence-corrected chi connectivity index (χ0v) is 9.88. The van der Waals surface area contributed by atoms with Crippen LogP contribution in [0.3, 0.4) is 0 Å². The molecule has 0 amide bonds. The van der Waals surface area contributed by atoms with E-state index in [9.17, 15) is 10.1 Å². The average molecular weight is 251 g/mol. The maximum absolute atomic E-state index is 10.6. The SMILES string of the molecule is COCCCNc1nc2cc([N+](=O)[O-])ccc2o1. The number of anilines is 1. The molecule has 1 aromatic carbocycles. The number of fused-ring (bicyclic) bond motifs is 1. The lowest BCUT2D eigenvalue weighted by atomic mass is 10.3. The smallest absolute Gasteiger partial charge is 0.295 e. The Kier molecular flexibility index (Phi) is 3.73. The van der Waals surface area contributed by atoms with Crippen LogP contribution in [-0.4, -0.2) is 30.2 Å². The number of benzene rings is 1. The first-order chi connectivity index (χ1) is 8.70. The Balaban J connectivity index is 2.09. The molecule has 0 fully saturated rings. The van der Waals surface area contributed by atoms with Gasteiger partial charge in [0.15, 0.2) is 5.58 Å². The van der Waals surface area contributed by atoms with E-state index in [1.165, 1.54) is 12.1 Å². The fourth-order valence-corrected chi connectivity index (χ4v) is 1.52. The molecule has 7 nitrogen and oxygen atoms in total. The number of ether oxygens (including phenoxy) is 1. The van der Waals surface area contributed by atoms with Gasteiger partial charge in [-0.2, -0.15) is 4.98 Å². The van der Waals surface area contributed by atoms with Gasteiger partial charge in [0, 0.05) is 32.4 Å². The maximum Gasteiger partial charge on any atom is 0.295 e. The molecule has 18 heavy (non-hydrogen) atoms. The summed E-state index contributed by atoms with van der Waals surface area (Å²) in [6.07, 6.45) is 0.829. The van der Waals surface area contributed by atoms with Crippen molar-refractivity contribution in [2.75, 3.05) is 25.6 Å². The zero-order valence-electron chi connectivity index (χ0n) is 9.88. The molecule has 0 unspecified atom stereocenters. The molecule has 0 saturated carbocycles. The largest absolute Gasteiger partial charge is 0.424 e. The minimum Gasteiger partial charge on any atom is -0.424 e. The summed E-state index contributed by atoms with van der Waals surface area (Å²) < 4.78 is 10.3. The van der Waals surface area contributed by atoms with Crippen LogP contribution in [0.2, 0.25) is 0 Å². The summed E-state index contributed by atoms with van der Waals surface area (Å²) in [5.41, 5.74) is 0.995. The van der Waals surface area contributed by atoms with Crippen LogP contribution in [0.15, 0.2) is 22.6 Å². The predicted molar refractivity (Wildman–Crippen MR) is 65.6 cm³/mol. The number of aromatic nitrogens is 1. The van der Waals surface area contributed by atoms with Gasteiger partial charge in [-0.05, 0) is 12.5 Å². The second-order valence-corrected chi connectivity index (χ2v) is 3.70. The molecule has 0 radical (unpaired) electrons. The first-order valence-corrected chi connectivity index (χ1v) is 5.48. The van der Waals surface area contributed by atoms with Crippen molar-refractivity contribution in [3.05, 3.63) is 28.3 Å². The number of nitro benzene ring substituents is 1. The van der Waals surface area contributed by atoms with Gasteiger partial charge in [-0.15, -0.1) is 0 Å². The molecule has 2 rings (SSSR count). The third kappa shape index (κ3) is 2.75. The lowest BCUT2D eigenvalue weighted by Gasteiger charge is -1.99. The topological polar surface area (TPSA) is 90.4 Å². The van der Waals surface area contributed by atoms with Crippen LogP contribution in [-0.2, 0) is 4.74 Å². The fourth-order valence-electron chi connectivity index (χ4n) is 1.52. The van der Waals surface area contributed by atoms with Gasteiger partial charge >= 0.3 is 0 Å². The Bertz CT molecular complexity index is 552. The quantitative estimate of drug-likeness (QED) is 0.480. The van der Waals surface area contributed by atoms with Crippen LogP contribution in [0.1, 0.15) is 6.42 Å². The molecule has 0 atom stereocenters. The molecule has 1 N–H and O–H groups in total. The number of hydrogen-bond acceptors (Lipinski definition) is 6. The van der Waals surface area contributed by atoms with Crippen molar-refractivity contribution in [1.82, 2.24) is 4.98 Å². The highest BCUT2D eigenvalue weighted by molar-refractivity contribution is 5.77. The molecular formula is C11H13N3O4. The lowest BCUT2D eigenvalue weighted by Crippen LogP contribution is -2.04. The second kappa shape index (κ2) is 5.46. The Morgan fingerprint density at radius 3 is 3.11 bits per heavy atom. The molecule has 96 valence electrons. The highest BCUT2D eigenvalue weighted by Crippen LogP contribution is 2.23. The number of methoxy groups -OCH3 is 1. The van der Waals surface area contributed by atoms with E-state index in [0.29, 0.717) is 30.3 Å². The molecule has 1 aromatic heterocycles. The highest BCUT2D eigenvalue weighted by atomic mass is 16.6. The molecule has 0 spiro atoms. The van der Waals surface area contributed by atoms with Crippen molar-refractivity contribution < 1.29 is 14.1 Å². The third-order valence-corrected chi connectivity index (χ3v) is 2.38. The van der Waals surface area contributed by atoms with E-state index in [1.807, 2.05) is 0 Å². The van der Waals surface area contributed by atoms with Crippen molar-refractivity contribution >= 4 is 22.8 Å². The Morgan fingerprint density at radius 2 is 2.39 bits per heavy atom. The zero-order chi connectivity index (χ0) is 13.0. The number of non-ortho nitro benzene ring substituents is 1. The highest BCUT2D eigenvalue weighted by Gasteiger charge is 2.11. The molecule has 0 saturated heterocycles. The van der Waals surface area contributed by atoms with E-state index >= 15 is 0 Å². The van der Waals surface area contributed by atoms with Crippen LogP contribution >= 0.6 is 0 Å². The summed E-state index contributed by atoms with van der Waals surface area (Å²) in [7, 11) is 1.64. The first-order valence-electron chi connectivity index (χ1n) is 5.48. The van der Waals surface area contributed by atoms with Gasteiger partial charge in [0.1, 0.15) is 5.52 Å². The van der Waals surface area contributed by atoms with Crippen LogP contribution in [0.25, 0.3) is 11.1 Å². The van der Waals surface area contributed by atoms with Gasteiger partial charge < -0.3 is 14.5 Å². The maximum atomic E-state index is 10.6. The number of hydrogen-bond donors (Lipinski definition) is 1. The molecule has 2 aromatic rings. The van der Waals surface area contributed by atoms with E-state index < -0.39 is 4.92 Å². The monoisotopic (exact) mass is 251 g/mol. The van der Waals surface area contributed by atoms with Gasteiger partial charge in [-0.1, -0.05) is 0 Å². The van der Waals surface area contributed by atoms with Gasteiger partial charge in [-0.3, -0.25) is 10.1 Å². The molecule has 0 aliphatic rings. The summed E-state index contributed by atoms with van der Waals surface area (Å²) in [5, 5.41) is 13.6. The van der Waals surface area contributed by atoms with E-state index in [-0.39, 0.29) is 5.69 Å². The van der Waals surface area contributed by atoms with Crippen molar-refractivity contribution in [2.24, 2.45) is 0 Å². The normalized spacial score (nSPS) is 10.7. The third-order valence-electron chi connectivity index (χ3n) is 2.38. The summed E-state index contributed by atoms with van der Waals surface area (Å²) in [6, 6.07) is 4.68. The molecule has 7 heteroatoms. The summed E-state index contributed by atoms with van der Waals surface area (Å²) >= 11 is 0. The average Bonchev–Trinajstić information content (AvgIpc) is 2.76. The van der Waals surface area contributed by atoms with Gasteiger partial charge in [0.2, 0.25) is 0 Å². The van der Waals surface area contributed by atoms with Crippen LogP contribution in [0.5, 0.6) is 0 Å². The standard InChI is InChI=1S/C11H13N3O4/c1-17-6-2-5-12-11-13-9-7-8(14(15)16)3-4-10(9)18-11/h3-4,7H,2,5-6H2,1H3,(H,12,13). The Hall–Kier alpha value is -2.15. The van der Waals surface area contributed by atoms with Crippen LogP contribution in [0, 0.1) is 10.1 Å². The Morgan fingerprint density at radius 1 is 1.56 bits per heavy atom. The first kappa shape index (κ1) is 12.3. The summed E-state index contributed by atoms with van der Waals surface area (Å²) in [4.78, 5) is 14.3. The summed E-state index contributed by atoms with van der Waals surface area (Å²) in [5.74, 6) is 0. The minimum atomic E-state index is -0.459. The Labute approximate surface area is 103 Å². The minimum absolute atomic E-state index is 0.00160. The lowest BCUT2D eigenvalue weighted by molar-refractivity contribution is -0.384. The van der Waals surface area contributed by atoms with Crippen molar-refractivity contribution in [3.8, 4) is 0 Å². The second-order valence-electron chi connectivity index (χ2n) is 3.70. The van der Waals surface area contributed by atoms with Crippen molar-refractivity contribution in [2.45, 2.75) is 6.42 Å². The van der Waals surface area contributed by atoms with Gasteiger partial charge in [0.25, 0.3) is 11.7 Å². The molecule has 1 heterocycles. The molecule has 0 aliphatic carbocycles. The van der Waals surface area contributed by atoms with Gasteiger partial charge in [0.05, 0.1) is 4.92 Å². The fraction of sp³-hybridized carbons (Fsp3) is 0.364. The molecule has 0 aliphatic heterocycles. The number of nitrogens with one attached hydrogen (secondary N) is 1. The molecule has 0 bridgehead atoms. The number of nitrogens with zero attached hydrogens (tertiary/aromatic N) is 2.